The van der Waals surface area contributed by atoms with Gasteiger partial charge in [-0.2, -0.15) is 0 Å². The molecule has 0 unspecified atom stereocenters. The van der Waals surface area contributed by atoms with E-state index in [2.05, 4.69) is 6.58 Å². The van der Waals surface area contributed by atoms with E-state index in [1.807, 2.05) is 12.1 Å². The Morgan fingerprint density at radius 1 is 1.04 bits per heavy atom. The van der Waals surface area contributed by atoms with Gasteiger partial charge in [0.25, 0.3) is 0 Å². The van der Waals surface area contributed by atoms with Gasteiger partial charge in [0.15, 0.2) is 5.92 Å². The molecule has 0 bridgehead atoms. The average Bonchev–Trinajstić information content (AvgIpc) is 3.16. The second-order valence-electron chi connectivity index (χ2n) is 6.09. The molecule has 1 aromatic carbocycles. The molecule has 1 aromatic heterocycles. The van der Waals surface area contributed by atoms with E-state index < -0.39 is 17.9 Å². The standard InChI is InChI=1S/C22H25NO5/c1-4-16-9-11-17(12-10-16)20(24)19-8-7-14-23(19)15-13-18(21(25)27-5-2)22(26)28-6-3/h4,7-12,14,18H,1,5-6,13,15H2,2-3H3. The SMILES string of the molecule is C=Cc1ccc(C(=O)c2cccn2CCC(C(=O)OCC)C(=O)OCC)cc1. The van der Waals surface area contributed by atoms with E-state index >= 15 is 0 Å². The molecule has 0 aliphatic rings. The van der Waals surface area contributed by atoms with Crippen molar-refractivity contribution in [2.75, 3.05) is 13.2 Å². The van der Waals surface area contributed by atoms with Gasteiger partial charge < -0.3 is 14.0 Å². The zero-order valence-electron chi connectivity index (χ0n) is 16.2. The maximum atomic E-state index is 12.8. The minimum absolute atomic E-state index is 0.135. The number of ketones is 1. The largest absolute Gasteiger partial charge is 0.465 e. The van der Waals surface area contributed by atoms with E-state index in [0.29, 0.717) is 17.8 Å². The van der Waals surface area contributed by atoms with Crippen LogP contribution in [0.25, 0.3) is 6.08 Å². The number of nitrogens with zero attached hydrogens (tertiary/aromatic N) is 1. The zero-order valence-corrected chi connectivity index (χ0v) is 16.2. The lowest BCUT2D eigenvalue weighted by Gasteiger charge is -2.15. The van der Waals surface area contributed by atoms with Crippen molar-refractivity contribution in [3.8, 4) is 0 Å². The van der Waals surface area contributed by atoms with Crippen LogP contribution in [0.1, 0.15) is 41.9 Å². The monoisotopic (exact) mass is 383 g/mol. The lowest BCUT2D eigenvalue weighted by Crippen LogP contribution is -2.29. The summed E-state index contributed by atoms with van der Waals surface area (Å²) < 4.78 is 11.7. The summed E-state index contributed by atoms with van der Waals surface area (Å²) in [5.74, 6) is -2.37. The molecular formula is C22H25NO5. The quantitative estimate of drug-likeness (QED) is 0.357. The summed E-state index contributed by atoms with van der Waals surface area (Å²) >= 11 is 0. The van der Waals surface area contributed by atoms with Crippen LogP contribution in [-0.2, 0) is 25.6 Å². The minimum Gasteiger partial charge on any atom is -0.465 e. The summed E-state index contributed by atoms with van der Waals surface area (Å²) in [4.78, 5) is 37.0. The van der Waals surface area contributed by atoms with Crippen LogP contribution in [0.2, 0.25) is 0 Å². The molecule has 148 valence electrons. The van der Waals surface area contributed by atoms with Crippen LogP contribution < -0.4 is 0 Å². The molecule has 0 N–H and O–H groups in total. The maximum Gasteiger partial charge on any atom is 0.320 e. The molecule has 2 rings (SSSR count). The van der Waals surface area contributed by atoms with Gasteiger partial charge in [-0.1, -0.05) is 36.9 Å². The number of carbonyl (C=O) groups excluding carboxylic acids is 3. The van der Waals surface area contributed by atoms with Gasteiger partial charge in [0.05, 0.1) is 18.9 Å². The van der Waals surface area contributed by atoms with E-state index in [1.54, 1.807) is 55.0 Å². The number of ether oxygens (including phenoxy) is 2. The van der Waals surface area contributed by atoms with Gasteiger partial charge in [0.1, 0.15) is 0 Å². The number of aryl methyl sites for hydroxylation is 1. The van der Waals surface area contributed by atoms with Crippen molar-refractivity contribution in [2.24, 2.45) is 5.92 Å². The molecular weight excluding hydrogens is 358 g/mol. The molecule has 0 radical (unpaired) electrons. The number of hydrogen-bond donors (Lipinski definition) is 0. The highest BCUT2D eigenvalue weighted by atomic mass is 16.6. The Labute approximate surface area is 164 Å². The van der Waals surface area contributed by atoms with Crippen molar-refractivity contribution in [2.45, 2.75) is 26.8 Å². The summed E-state index contributed by atoms with van der Waals surface area (Å²) in [6.07, 6.45) is 3.64. The van der Waals surface area contributed by atoms with Gasteiger partial charge in [-0.3, -0.25) is 14.4 Å². The van der Waals surface area contributed by atoms with E-state index in [4.69, 9.17) is 9.47 Å². The van der Waals surface area contributed by atoms with Crippen molar-refractivity contribution >= 4 is 23.8 Å². The third-order valence-corrected chi connectivity index (χ3v) is 4.27. The third-order valence-electron chi connectivity index (χ3n) is 4.27. The molecule has 0 spiro atoms. The summed E-state index contributed by atoms with van der Waals surface area (Å²) in [5, 5.41) is 0. The minimum atomic E-state index is -1.02. The molecule has 0 aliphatic heterocycles. The van der Waals surface area contributed by atoms with Crippen LogP contribution in [0.3, 0.4) is 0 Å². The van der Waals surface area contributed by atoms with Crippen molar-refractivity contribution < 1.29 is 23.9 Å². The number of rotatable bonds is 10. The van der Waals surface area contributed by atoms with Crippen molar-refractivity contribution in [1.29, 1.82) is 0 Å². The van der Waals surface area contributed by atoms with Gasteiger partial charge >= 0.3 is 11.9 Å². The van der Waals surface area contributed by atoms with Crippen LogP contribution in [0.4, 0.5) is 0 Å². The number of hydrogen-bond acceptors (Lipinski definition) is 5. The fourth-order valence-electron chi connectivity index (χ4n) is 2.82. The summed E-state index contributed by atoms with van der Waals surface area (Å²) in [6, 6.07) is 10.6. The topological polar surface area (TPSA) is 74.6 Å². The molecule has 28 heavy (non-hydrogen) atoms. The highest BCUT2D eigenvalue weighted by molar-refractivity contribution is 6.08. The highest BCUT2D eigenvalue weighted by Crippen LogP contribution is 2.16. The van der Waals surface area contributed by atoms with Gasteiger partial charge in [0, 0.05) is 18.3 Å². The first-order valence-electron chi connectivity index (χ1n) is 9.27. The Hall–Kier alpha value is -3.15. The predicted octanol–water partition coefficient (Wildman–Crippen LogP) is 3.49. The number of esters is 2. The Balaban J connectivity index is 2.14. The van der Waals surface area contributed by atoms with Gasteiger partial charge in [-0.05, 0) is 38.0 Å². The van der Waals surface area contributed by atoms with Crippen molar-refractivity contribution in [3.05, 3.63) is 66.0 Å². The Kier molecular flexibility index (Phi) is 7.75. The molecule has 0 aliphatic carbocycles. The summed E-state index contributed by atoms with van der Waals surface area (Å²) in [6.45, 7) is 7.74. The van der Waals surface area contributed by atoms with E-state index in [1.165, 1.54) is 0 Å². The summed E-state index contributed by atoms with van der Waals surface area (Å²) in [7, 11) is 0. The highest BCUT2D eigenvalue weighted by Gasteiger charge is 2.29. The second kappa shape index (κ2) is 10.3. The lowest BCUT2D eigenvalue weighted by molar-refractivity contribution is -0.162. The molecule has 6 heteroatoms. The molecule has 1 heterocycles. The maximum absolute atomic E-state index is 12.8. The molecule has 6 nitrogen and oxygen atoms in total. The van der Waals surface area contributed by atoms with Crippen molar-refractivity contribution in [1.82, 2.24) is 4.57 Å². The van der Waals surface area contributed by atoms with Gasteiger partial charge in [0.2, 0.25) is 5.78 Å². The van der Waals surface area contributed by atoms with Gasteiger partial charge in [-0.15, -0.1) is 0 Å². The molecule has 0 saturated carbocycles. The van der Waals surface area contributed by atoms with E-state index in [9.17, 15) is 14.4 Å². The fourth-order valence-corrected chi connectivity index (χ4v) is 2.82. The molecule has 0 atom stereocenters. The smallest absolute Gasteiger partial charge is 0.320 e. The lowest BCUT2D eigenvalue weighted by atomic mass is 10.0. The van der Waals surface area contributed by atoms with Crippen LogP contribution >= 0.6 is 0 Å². The first kappa shape index (κ1) is 21.2. The van der Waals surface area contributed by atoms with Crippen LogP contribution in [-0.4, -0.2) is 35.5 Å². The Morgan fingerprint density at radius 3 is 2.18 bits per heavy atom. The second-order valence-corrected chi connectivity index (χ2v) is 6.09. The number of aromatic nitrogens is 1. The van der Waals surface area contributed by atoms with Crippen molar-refractivity contribution in [3.63, 3.8) is 0 Å². The zero-order chi connectivity index (χ0) is 20.5. The molecule has 0 fully saturated rings. The molecule has 2 aromatic rings. The number of carbonyl (C=O) groups is 3. The van der Waals surface area contributed by atoms with Crippen LogP contribution in [0.5, 0.6) is 0 Å². The number of benzene rings is 1. The third kappa shape index (κ3) is 5.19. The normalized spacial score (nSPS) is 10.5. The molecule has 0 saturated heterocycles. The fraction of sp³-hybridized carbons (Fsp3) is 0.318. The predicted molar refractivity (Wildman–Crippen MR) is 106 cm³/mol. The Morgan fingerprint density at radius 2 is 1.64 bits per heavy atom. The first-order valence-corrected chi connectivity index (χ1v) is 9.27. The first-order chi connectivity index (χ1) is 13.5. The Bertz CT molecular complexity index is 817. The molecule has 0 amide bonds. The average molecular weight is 383 g/mol. The van der Waals surface area contributed by atoms with Gasteiger partial charge in [-0.25, -0.2) is 0 Å². The van der Waals surface area contributed by atoms with E-state index in [-0.39, 0.29) is 25.4 Å². The van der Waals surface area contributed by atoms with E-state index in [0.717, 1.165) is 5.56 Å². The summed E-state index contributed by atoms with van der Waals surface area (Å²) in [5.41, 5.74) is 1.97. The van der Waals surface area contributed by atoms with Crippen LogP contribution in [0, 0.1) is 5.92 Å². The van der Waals surface area contributed by atoms with Crippen LogP contribution in [0.15, 0.2) is 49.2 Å².